The molecule has 2 saturated heterocycles. The molecule has 0 saturated carbocycles. The molecule has 36 heavy (non-hydrogen) atoms. The van der Waals surface area contributed by atoms with Crippen LogP contribution in [-0.4, -0.2) is 69.2 Å². The molecule has 3 aliphatic rings. The Balaban J connectivity index is 1.43. The molecule has 3 heterocycles. The van der Waals surface area contributed by atoms with Crippen molar-refractivity contribution in [2.45, 2.75) is 32.1 Å². The summed E-state index contributed by atoms with van der Waals surface area (Å²) in [5.41, 5.74) is 2.38. The summed E-state index contributed by atoms with van der Waals surface area (Å²) in [7, 11) is 4.60. The van der Waals surface area contributed by atoms with Gasteiger partial charge in [-0.3, -0.25) is 9.69 Å². The van der Waals surface area contributed by atoms with Crippen molar-refractivity contribution in [2.75, 3.05) is 47.6 Å². The van der Waals surface area contributed by atoms with Gasteiger partial charge in [0, 0.05) is 32.5 Å². The van der Waals surface area contributed by atoms with Crippen LogP contribution in [0, 0.1) is 6.92 Å². The van der Waals surface area contributed by atoms with Crippen molar-refractivity contribution < 1.29 is 38.3 Å². The Morgan fingerprint density at radius 1 is 1.03 bits per heavy atom. The van der Waals surface area contributed by atoms with E-state index in [0.29, 0.717) is 65.0 Å². The van der Waals surface area contributed by atoms with E-state index >= 15 is 0 Å². The number of hydrogen-bond donors (Lipinski definition) is 1. The molecule has 0 bridgehead atoms. The number of piperidine rings is 1. The van der Waals surface area contributed by atoms with E-state index in [2.05, 4.69) is 4.90 Å². The number of aryl methyl sites for hydroxylation is 1. The molecule has 9 heteroatoms. The van der Waals surface area contributed by atoms with Crippen LogP contribution >= 0.6 is 0 Å². The number of ketones is 1. The first-order chi connectivity index (χ1) is 17.4. The second kappa shape index (κ2) is 9.65. The Morgan fingerprint density at radius 3 is 2.25 bits per heavy atom. The van der Waals surface area contributed by atoms with Crippen molar-refractivity contribution in [3.63, 3.8) is 0 Å². The average Bonchev–Trinajstić information content (AvgIpc) is 3.47. The van der Waals surface area contributed by atoms with Crippen LogP contribution in [0.3, 0.4) is 0 Å². The number of fused-ring (bicyclic) bond motifs is 1. The maximum Gasteiger partial charge on any atom is 0.232 e. The Bertz CT molecular complexity index is 1180. The molecular formula is C27H31NO8. The molecule has 1 spiro atoms. The summed E-state index contributed by atoms with van der Waals surface area (Å²) in [4.78, 5) is 15.6. The number of carbonyl (C=O) groups is 1. The summed E-state index contributed by atoms with van der Waals surface area (Å²) < 4.78 is 34.0. The quantitative estimate of drug-likeness (QED) is 0.600. The van der Waals surface area contributed by atoms with E-state index in [1.54, 1.807) is 31.2 Å². The molecule has 0 amide bonds. The summed E-state index contributed by atoms with van der Waals surface area (Å²) in [5.74, 6) is 1.38. The predicted octanol–water partition coefficient (Wildman–Crippen LogP) is 3.68. The number of hydrogen-bond acceptors (Lipinski definition) is 9. The van der Waals surface area contributed by atoms with Gasteiger partial charge in [0.05, 0.1) is 45.7 Å². The molecule has 0 unspecified atom stereocenters. The summed E-state index contributed by atoms with van der Waals surface area (Å²) in [6.07, 6.45) is 3.16. The molecular weight excluding hydrogens is 466 g/mol. The Morgan fingerprint density at radius 2 is 1.67 bits per heavy atom. The number of phenolic OH excluding ortho intramolecular Hbond substituents is 1. The van der Waals surface area contributed by atoms with Gasteiger partial charge in [-0.1, -0.05) is 0 Å². The van der Waals surface area contributed by atoms with Crippen LogP contribution in [0.15, 0.2) is 24.0 Å². The molecule has 2 aromatic carbocycles. The Kier molecular flexibility index (Phi) is 6.55. The Hall–Kier alpha value is -3.27. The van der Waals surface area contributed by atoms with Gasteiger partial charge in [-0.2, -0.15) is 0 Å². The number of benzene rings is 2. The number of nitrogens with zero attached hydrogens (tertiary/aromatic N) is 1. The van der Waals surface area contributed by atoms with Gasteiger partial charge < -0.3 is 33.5 Å². The van der Waals surface area contributed by atoms with E-state index in [0.717, 1.165) is 25.9 Å². The third kappa shape index (κ3) is 4.27. The first-order valence-electron chi connectivity index (χ1n) is 12.0. The van der Waals surface area contributed by atoms with E-state index < -0.39 is 5.79 Å². The molecule has 3 aliphatic heterocycles. The number of ether oxygens (including phenoxy) is 6. The van der Waals surface area contributed by atoms with Crippen LogP contribution in [0.5, 0.6) is 28.7 Å². The molecule has 1 N–H and O–H groups in total. The van der Waals surface area contributed by atoms with Gasteiger partial charge in [-0.05, 0) is 42.3 Å². The number of Topliss-reactive ketones (excluding diaryl/α,β-unsaturated/α-hetero) is 1. The lowest BCUT2D eigenvalue weighted by Gasteiger charge is -2.37. The standard InChI is InChI=1S/C27H31NO8/c1-16-11-19(29)18(15-28-7-5-27(6-8-28)34-9-10-35-27)25-23(16)24(30)20(36-25)12-17-13-21(31-2)26(33-4)22(14-17)32-3/h11-14,29H,5-10,15H2,1-4H3. The third-order valence-electron chi connectivity index (χ3n) is 7.02. The van der Waals surface area contributed by atoms with Crippen LogP contribution in [0.25, 0.3) is 6.08 Å². The molecule has 0 radical (unpaired) electrons. The molecule has 0 aromatic heterocycles. The Labute approximate surface area is 210 Å². The van der Waals surface area contributed by atoms with E-state index in [4.69, 9.17) is 28.4 Å². The van der Waals surface area contributed by atoms with Crippen LogP contribution in [-0.2, 0) is 16.0 Å². The third-order valence-corrected chi connectivity index (χ3v) is 7.02. The molecule has 5 rings (SSSR count). The number of allylic oxidation sites excluding steroid dienone is 1. The molecule has 0 aliphatic carbocycles. The number of methoxy groups -OCH3 is 3. The second-order valence-electron chi connectivity index (χ2n) is 9.18. The van der Waals surface area contributed by atoms with Crippen molar-refractivity contribution in [1.29, 1.82) is 0 Å². The summed E-state index contributed by atoms with van der Waals surface area (Å²) >= 11 is 0. The zero-order chi connectivity index (χ0) is 25.4. The van der Waals surface area contributed by atoms with E-state index in [1.165, 1.54) is 21.3 Å². The minimum Gasteiger partial charge on any atom is -0.507 e. The fourth-order valence-electron chi connectivity index (χ4n) is 5.13. The van der Waals surface area contributed by atoms with Gasteiger partial charge >= 0.3 is 0 Å². The lowest BCUT2D eigenvalue weighted by Crippen LogP contribution is -2.44. The summed E-state index contributed by atoms with van der Waals surface area (Å²) in [5, 5.41) is 10.8. The summed E-state index contributed by atoms with van der Waals surface area (Å²) in [6.45, 7) is 5.02. The molecule has 2 fully saturated rings. The van der Waals surface area contributed by atoms with Crippen LogP contribution in [0.1, 0.15) is 39.9 Å². The molecule has 2 aromatic rings. The highest BCUT2D eigenvalue weighted by molar-refractivity contribution is 6.16. The van der Waals surface area contributed by atoms with Gasteiger partial charge in [0.15, 0.2) is 23.0 Å². The lowest BCUT2D eigenvalue weighted by molar-refractivity contribution is -0.185. The van der Waals surface area contributed by atoms with Crippen LogP contribution < -0.4 is 18.9 Å². The molecule has 9 nitrogen and oxygen atoms in total. The fourth-order valence-corrected chi connectivity index (χ4v) is 5.13. The number of likely N-dealkylation sites (tertiary alicyclic amines) is 1. The molecule has 0 atom stereocenters. The van der Waals surface area contributed by atoms with Crippen molar-refractivity contribution in [3.8, 4) is 28.7 Å². The highest BCUT2D eigenvalue weighted by Gasteiger charge is 2.40. The second-order valence-corrected chi connectivity index (χ2v) is 9.18. The maximum absolute atomic E-state index is 13.4. The first-order valence-corrected chi connectivity index (χ1v) is 12.0. The van der Waals surface area contributed by atoms with Crippen LogP contribution in [0.2, 0.25) is 0 Å². The maximum atomic E-state index is 13.4. The van der Waals surface area contributed by atoms with Crippen LogP contribution in [0.4, 0.5) is 0 Å². The SMILES string of the molecule is COc1cc(C=C2Oc3c(CN4CCC5(CC4)OCCO5)c(O)cc(C)c3C2=O)cc(OC)c1OC. The van der Waals surface area contributed by atoms with E-state index in [-0.39, 0.29) is 17.3 Å². The van der Waals surface area contributed by atoms with E-state index in [9.17, 15) is 9.90 Å². The zero-order valence-corrected chi connectivity index (χ0v) is 21.0. The van der Waals surface area contributed by atoms with Gasteiger partial charge in [-0.25, -0.2) is 0 Å². The van der Waals surface area contributed by atoms with Gasteiger partial charge in [0.1, 0.15) is 11.5 Å². The topological polar surface area (TPSA) is 95.9 Å². The number of phenols is 1. The monoisotopic (exact) mass is 497 g/mol. The first kappa shape index (κ1) is 24.4. The highest BCUT2D eigenvalue weighted by atomic mass is 16.7. The normalized spacial score (nSPS) is 20.0. The van der Waals surface area contributed by atoms with E-state index in [1.807, 2.05) is 0 Å². The van der Waals surface area contributed by atoms with Crippen molar-refractivity contribution in [1.82, 2.24) is 4.90 Å². The molecule has 192 valence electrons. The smallest absolute Gasteiger partial charge is 0.232 e. The van der Waals surface area contributed by atoms with Gasteiger partial charge in [0.25, 0.3) is 0 Å². The van der Waals surface area contributed by atoms with Crippen molar-refractivity contribution in [3.05, 3.63) is 46.2 Å². The van der Waals surface area contributed by atoms with Crippen molar-refractivity contribution in [2.24, 2.45) is 0 Å². The number of aromatic hydroxyl groups is 1. The van der Waals surface area contributed by atoms with Gasteiger partial charge in [0.2, 0.25) is 11.5 Å². The fraction of sp³-hybridized carbons (Fsp3) is 0.444. The largest absolute Gasteiger partial charge is 0.507 e. The van der Waals surface area contributed by atoms with Crippen molar-refractivity contribution >= 4 is 11.9 Å². The van der Waals surface area contributed by atoms with Gasteiger partial charge in [-0.15, -0.1) is 0 Å². The zero-order valence-electron chi connectivity index (χ0n) is 21.0. The highest BCUT2D eigenvalue weighted by Crippen LogP contribution is 2.44. The number of carbonyl (C=O) groups excluding carboxylic acids is 1. The lowest BCUT2D eigenvalue weighted by atomic mass is 9.98. The predicted molar refractivity (Wildman–Crippen MR) is 131 cm³/mol. The minimum absolute atomic E-state index is 0.113. The summed E-state index contributed by atoms with van der Waals surface area (Å²) in [6, 6.07) is 5.12. The average molecular weight is 498 g/mol. The number of rotatable bonds is 6. The minimum atomic E-state index is -0.476.